The fourth-order valence-corrected chi connectivity index (χ4v) is 3.41. The van der Waals surface area contributed by atoms with Crippen LogP contribution in [0.5, 0.6) is 5.75 Å². The van der Waals surface area contributed by atoms with Gasteiger partial charge in [0.2, 0.25) is 0 Å². The number of hydrogen-bond donors (Lipinski definition) is 1. The van der Waals surface area contributed by atoms with Gasteiger partial charge in [-0.15, -0.1) is 0 Å². The Morgan fingerprint density at radius 3 is 2.79 bits per heavy atom. The lowest BCUT2D eigenvalue weighted by molar-refractivity contribution is -0.123. The van der Waals surface area contributed by atoms with Gasteiger partial charge in [0.1, 0.15) is 11.6 Å². The van der Waals surface area contributed by atoms with Gasteiger partial charge in [-0.1, -0.05) is 26.0 Å². The molecule has 0 bridgehead atoms. The summed E-state index contributed by atoms with van der Waals surface area (Å²) in [6.45, 7) is 9.84. The van der Waals surface area contributed by atoms with Crippen LogP contribution in [0.4, 0.5) is 5.82 Å². The molecule has 0 saturated carbocycles. The van der Waals surface area contributed by atoms with Crippen LogP contribution in [-0.2, 0) is 16.1 Å². The van der Waals surface area contributed by atoms with Gasteiger partial charge in [-0.2, -0.15) is 0 Å². The average Bonchev–Trinajstić information content (AvgIpc) is 2.71. The van der Waals surface area contributed by atoms with E-state index < -0.39 is 0 Å². The van der Waals surface area contributed by atoms with E-state index in [0.717, 1.165) is 24.5 Å². The Bertz CT molecular complexity index is 801. The Morgan fingerprint density at radius 2 is 2.07 bits per heavy atom. The largest absolute Gasteiger partial charge is 0.484 e. The molecule has 6 nitrogen and oxygen atoms in total. The molecule has 1 aromatic carbocycles. The van der Waals surface area contributed by atoms with Crippen LogP contribution in [0, 0.1) is 6.92 Å². The molecule has 1 amide bonds. The van der Waals surface area contributed by atoms with Crippen LogP contribution in [0.1, 0.15) is 36.5 Å². The van der Waals surface area contributed by atoms with E-state index in [4.69, 9.17) is 9.47 Å². The first-order chi connectivity index (χ1) is 13.5. The summed E-state index contributed by atoms with van der Waals surface area (Å²) in [5.74, 6) is 1.94. The summed E-state index contributed by atoms with van der Waals surface area (Å²) >= 11 is 0. The lowest BCUT2D eigenvalue weighted by Crippen LogP contribution is -2.38. The normalized spacial score (nSPS) is 14.2. The van der Waals surface area contributed by atoms with Crippen LogP contribution >= 0.6 is 0 Å². The molecule has 1 aromatic heterocycles. The topological polar surface area (TPSA) is 63.7 Å². The van der Waals surface area contributed by atoms with Crippen molar-refractivity contribution in [1.82, 2.24) is 10.3 Å². The van der Waals surface area contributed by atoms with Gasteiger partial charge in [0.05, 0.1) is 13.2 Å². The zero-order valence-electron chi connectivity index (χ0n) is 16.9. The van der Waals surface area contributed by atoms with Gasteiger partial charge in [0.15, 0.2) is 6.61 Å². The third-order valence-corrected chi connectivity index (χ3v) is 4.89. The van der Waals surface area contributed by atoms with Crippen molar-refractivity contribution in [2.24, 2.45) is 0 Å². The average molecular weight is 383 g/mol. The van der Waals surface area contributed by atoms with Gasteiger partial charge in [-0.25, -0.2) is 4.98 Å². The summed E-state index contributed by atoms with van der Waals surface area (Å²) in [5, 5.41) is 2.93. The molecule has 0 aliphatic carbocycles. The van der Waals surface area contributed by atoms with Crippen molar-refractivity contribution in [3.8, 4) is 5.75 Å². The predicted molar refractivity (Wildman–Crippen MR) is 110 cm³/mol. The molecule has 1 aliphatic heterocycles. The monoisotopic (exact) mass is 383 g/mol. The summed E-state index contributed by atoms with van der Waals surface area (Å²) in [6, 6.07) is 9.86. The van der Waals surface area contributed by atoms with Crippen molar-refractivity contribution in [2.45, 2.75) is 33.2 Å². The number of carbonyl (C=O) groups is 1. The zero-order chi connectivity index (χ0) is 19.9. The van der Waals surface area contributed by atoms with Crippen LogP contribution in [0.3, 0.4) is 0 Å². The maximum atomic E-state index is 12.2. The fourth-order valence-electron chi connectivity index (χ4n) is 3.41. The minimum Gasteiger partial charge on any atom is -0.484 e. The molecule has 28 heavy (non-hydrogen) atoms. The smallest absolute Gasteiger partial charge is 0.258 e. The molecular formula is C22H29N3O3. The van der Waals surface area contributed by atoms with E-state index in [-0.39, 0.29) is 12.5 Å². The second kappa shape index (κ2) is 9.55. The third kappa shape index (κ3) is 5.23. The summed E-state index contributed by atoms with van der Waals surface area (Å²) < 4.78 is 11.1. The van der Waals surface area contributed by atoms with Crippen molar-refractivity contribution in [3.05, 3.63) is 53.2 Å². The van der Waals surface area contributed by atoms with Gasteiger partial charge in [0.25, 0.3) is 5.91 Å². The van der Waals surface area contributed by atoms with E-state index in [1.54, 1.807) is 6.20 Å². The first kappa shape index (κ1) is 20.1. The summed E-state index contributed by atoms with van der Waals surface area (Å²) in [6.07, 6.45) is 1.78. The van der Waals surface area contributed by atoms with Gasteiger partial charge in [-0.3, -0.25) is 4.79 Å². The van der Waals surface area contributed by atoms with Crippen molar-refractivity contribution in [1.29, 1.82) is 0 Å². The minimum absolute atomic E-state index is 0.00633. The Hall–Kier alpha value is -2.60. The van der Waals surface area contributed by atoms with Crippen molar-refractivity contribution >= 4 is 11.7 Å². The van der Waals surface area contributed by atoms with Crippen LogP contribution in [-0.4, -0.2) is 43.8 Å². The van der Waals surface area contributed by atoms with E-state index in [0.29, 0.717) is 31.4 Å². The third-order valence-electron chi connectivity index (χ3n) is 4.89. The number of pyridine rings is 1. The molecule has 0 unspecified atom stereocenters. The van der Waals surface area contributed by atoms with Crippen LogP contribution in [0.25, 0.3) is 0 Å². The molecule has 1 N–H and O–H groups in total. The van der Waals surface area contributed by atoms with E-state index in [9.17, 15) is 4.79 Å². The van der Waals surface area contributed by atoms with Crippen LogP contribution in [0.15, 0.2) is 36.5 Å². The van der Waals surface area contributed by atoms with Gasteiger partial charge >= 0.3 is 0 Å². The second-order valence-electron chi connectivity index (χ2n) is 7.32. The zero-order valence-corrected chi connectivity index (χ0v) is 16.9. The number of anilines is 1. The Balaban J connectivity index is 1.53. The van der Waals surface area contributed by atoms with Crippen molar-refractivity contribution in [2.75, 3.05) is 37.8 Å². The molecule has 0 radical (unpaired) electrons. The standard InChI is InChI=1S/C22H29N3O3/c1-16(2)20-7-6-19(13-17(20)3)28-15-21(26)24-14-18-5-4-8-23-22(18)25-9-11-27-12-10-25/h4-8,13,16H,9-12,14-15H2,1-3H3,(H,24,26). The maximum absolute atomic E-state index is 12.2. The van der Waals surface area contributed by atoms with E-state index >= 15 is 0 Å². The Kier molecular flexibility index (Phi) is 6.87. The lowest BCUT2D eigenvalue weighted by atomic mass is 9.98. The van der Waals surface area contributed by atoms with E-state index in [1.165, 1.54) is 11.1 Å². The maximum Gasteiger partial charge on any atom is 0.258 e. The highest BCUT2D eigenvalue weighted by atomic mass is 16.5. The van der Waals surface area contributed by atoms with Crippen LogP contribution < -0.4 is 15.0 Å². The van der Waals surface area contributed by atoms with Crippen molar-refractivity contribution in [3.63, 3.8) is 0 Å². The number of nitrogens with zero attached hydrogens (tertiary/aromatic N) is 2. The Labute approximate surface area is 166 Å². The quantitative estimate of drug-likeness (QED) is 0.796. The summed E-state index contributed by atoms with van der Waals surface area (Å²) in [7, 11) is 0. The number of carbonyl (C=O) groups excluding carboxylic acids is 1. The molecule has 3 rings (SSSR count). The number of aryl methyl sites for hydroxylation is 1. The molecule has 1 saturated heterocycles. The number of amides is 1. The SMILES string of the molecule is Cc1cc(OCC(=O)NCc2cccnc2N2CCOCC2)ccc1C(C)C. The first-order valence-electron chi connectivity index (χ1n) is 9.81. The number of morpholine rings is 1. The highest BCUT2D eigenvalue weighted by Crippen LogP contribution is 2.23. The number of aromatic nitrogens is 1. The molecule has 150 valence electrons. The lowest BCUT2D eigenvalue weighted by Gasteiger charge is -2.29. The number of ether oxygens (including phenoxy) is 2. The van der Waals surface area contributed by atoms with Crippen molar-refractivity contribution < 1.29 is 14.3 Å². The molecule has 6 heteroatoms. The number of hydrogen-bond acceptors (Lipinski definition) is 5. The summed E-state index contributed by atoms with van der Waals surface area (Å²) in [4.78, 5) is 18.9. The molecule has 1 aliphatic rings. The summed E-state index contributed by atoms with van der Waals surface area (Å²) in [5.41, 5.74) is 3.47. The van der Waals surface area contributed by atoms with Gasteiger partial charge < -0.3 is 19.7 Å². The number of nitrogens with one attached hydrogen (secondary N) is 1. The predicted octanol–water partition coefficient (Wildman–Crippen LogP) is 3.05. The minimum atomic E-state index is -0.151. The fraction of sp³-hybridized carbons (Fsp3) is 0.455. The van der Waals surface area contributed by atoms with E-state index in [2.05, 4.69) is 42.0 Å². The molecule has 0 spiro atoms. The number of benzene rings is 1. The molecule has 2 aromatic rings. The molecule has 1 fully saturated rings. The molecular weight excluding hydrogens is 354 g/mol. The first-order valence-corrected chi connectivity index (χ1v) is 9.81. The highest BCUT2D eigenvalue weighted by molar-refractivity contribution is 5.77. The van der Waals surface area contributed by atoms with Gasteiger partial charge in [0, 0.05) is 31.4 Å². The second-order valence-corrected chi connectivity index (χ2v) is 7.32. The number of rotatable bonds is 7. The Morgan fingerprint density at radius 1 is 1.29 bits per heavy atom. The van der Waals surface area contributed by atoms with Crippen LogP contribution in [0.2, 0.25) is 0 Å². The van der Waals surface area contributed by atoms with Gasteiger partial charge in [-0.05, 0) is 42.2 Å². The highest BCUT2D eigenvalue weighted by Gasteiger charge is 2.16. The molecule has 0 atom stereocenters. The van der Waals surface area contributed by atoms with E-state index in [1.807, 2.05) is 24.3 Å². The molecule has 2 heterocycles.